The first kappa shape index (κ1) is 64.1. The number of amides is 1. The van der Waals surface area contributed by atoms with Gasteiger partial charge in [0.05, 0.1) is 32.0 Å². The lowest BCUT2D eigenvalue weighted by atomic mass is 9.97. The predicted molar refractivity (Wildman–Crippen MR) is 272 cm³/mol. The van der Waals surface area contributed by atoms with Gasteiger partial charge in [-0.25, -0.2) is 0 Å². The Balaban J connectivity index is 1.77. The van der Waals surface area contributed by atoms with Crippen LogP contribution in [0.3, 0.4) is 0 Å². The molecule has 0 aliphatic carbocycles. The monoisotopic (exact) mass is 990 g/mol. The summed E-state index contributed by atoms with van der Waals surface area (Å²) in [5, 5.41) is 87.1. The van der Waals surface area contributed by atoms with Crippen LogP contribution in [0.5, 0.6) is 0 Å². The van der Waals surface area contributed by atoms with Gasteiger partial charge in [0.25, 0.3) is 0 Å². The first-order valence-corrected chi connectivity index (χ1v) is 28.8. The molecule has 0 aromatic rings. The highest BCUT2D eigenvalue weighted by Crippen LogP contribution is 2.30. The van der Waals surface area contributed by atoms with Crippen LogP contribution in [-0.4, -0.2) is 140 Å². The van der Waals surface area contributed by atoms with E-state index in [4.69, 9.17) is 18.9 Å². The summed E-state index contributed by atoms with van der Waals surface area (Å²) in [6.07, 6.45) is 28.1. The molecule has 0 aromatic heterocycles. The van der Waals surface area contributed by atoms with E-state index in [-0.39, 0.29) is 12.5 Å². The fourth-order valence-corrected chi connectivity index (χ4v) is 9.89. The van der Waals surface area contributed by atoms with Crippen molar-refractivity contribution in [3.63, 3.8) is 0 Å². The molecule has 14 nitrogen and oxygen atoms in total. The van der Waals surface area contributed by atoms with Crippen molar-refractivity contribution in [2.75, 3.05) is 19.8 Å². The summed E-state index contributed by atoms with van der Waals surface area (Å²) in [6.45, 7) is 2.89. The highest BCUT2D eigenvalue weighted by atomic mass is 16.7. The van der Waals surface area contributed by atoms with Crippen LogP contribution in [0.15, 0.2) is 0 Å². The number of unbranched alkanes of at least 4 members (excludes halogenated alkanes) is 33. The molecule has 2 aliphatic rings. The number of hydrogen-bond donors (Lipinski definition) is 9. The average Bonchev–Trinajstić information content (AvgIpc) is 3.35. The van der Waals surface area contributed by atoms with Crippen LogP contribution >= 0.6 is 0 Å². The summed E-state index contributed by atoms with van der Waals surface area (Å²) in [5.41, 5.74) is 0. The van der Waals surface area contributed by atoms with Gasteiger partial charge in [0.15, 0.2) is 12.6 Å². The van der Waals surface area contributed by atoms with Gasteiger partial charge in [0.1, 0.15) is 48.8 Å². The number of ether oxygens (including phenoxy) is 4. The molecule has 2 heterocycles. The minimum atomic E-state index is -1.78. The molecule has 2 aliphatic heterocycles. The fourth-order valence-electron chi connectivity index (χ4n) is 9.89. The molecule has 2 rings (SSSR count). The van der Waals surface area contributed by atoms with E-state index in [9.17, 15) is 45.6 Å². The number of nitrogens with one attached hydrogen (secondary N) is 1. The summed E-state index contributed by atoms with van der Waals surface area (Å²) in [4.78, 5) is 13.2. The van der Waals surface area contributed by atoms with Crippen molar-refractivity contribution in [1.82, 2.24) is 5.32 Å². The second kappa shape index (κ2) is 42.4. The molecule has 0 spiro atoms. The van der Waals surface area contributed by atoms with E-state index in [1.165, 1.54) is 173 Å². The molecule has 12 unspecified atom stereocenters. The molecule has 0 bridgehead atoms. The van der Waals surface area contributed by atoms with Gasteiger partial charge in [-0.05, 0) is 12.8 Å². The molecule has 9 N–H and O–H groups in total. The van der Waals surface area contributed by atoms with E-state index in [0.29, 0.717) is 12.8 Å². The second-order valence-electron chi connectivity index (χ2n) is 20.8. The third-order valence-electron chi connectivity index (χ3n) is 14.6. The summed E-state index contributed by atoms with van der Waals surface area (Å²) < 4.78 is 22.8. The van der Waals surface area contributed by atoms with Crippen molar-refractivity contribution >= 4 is 5.91 Å². The van der Waals surface area contributed by atoms with E-state index >= 15 is 0 Å². The number of aliphatic hydroxyl groups is 8. The van der Waals surface area contributed by atoms with Crippen LogP contribution in [0, 0.1) is 0 Å². The second-order valence-corrected chi connectivity index (χ2v) is 20.8. The Morgan fingerprint density at radius 1 is 0.464 bits per heavy atom. The van der Waals surface area contributed by atoms with Crippen molar-refractivity contribution in [1.29, 1.82) is 0 Å². The van der Waals surface area contributed by atoms with Gasteiger partial charge in [-0.1, -0.05) is 232 Å². The Morgan fingerprint density at radius 3 is 1.23 bits per heavy atom. The molecule has 410 valence electrons. The van der Waals surface area contributed by atoms with E-state index in [0.717, 1.165) is 51.4 Å². The molecule has 0 radical (unpaired) electrons. The smallest absolute Gasteiger partial charge is 0.220 e. The van der Waals surface area contributed by atoms with Crippen LogP contribution in [-0.2, 0) is 23.7 Å². The van der Waals surface area contributed by atoms with Crippen LogP contribution in [0.2, 0.25) is 0 Å². The first-order valence-electron chi connectivity index (χ1n) is 28.8. The van der Waals surface area contributed by atoms with Crippen molar-refractivity contribution in [2.24, 2.45) is 0 Å². The molecule has 12 atom stereocenters. The number of rotatable bonds is 46. The highest BCUT2D eigenvalue weighted by Gasteiger charge is 2.51. The van der Waals surface area contributed by atoms with E-state index < -0.39 is 86.8 Å². The van der Waals surface area contributed by atoms with E-state index in [1.54, 1.807) is 0 Å². The molecular formula is C55H107NO13. The zero-order chi connectivity index (χ0) is 50.3. The normalized spacial score (nSPS) is 26.1. The quantitative estimate of drug-likeness (QED) is 0.0260. The topological polar surface area (TPSA) is 228 Å². The number of aliphatic hydroxyl groups excluding tert-OH is 8. The predicted octanol–water partition coefficient (Wildman–Crippen LogP) is 8.95. The van der Waals surface area contributed by atoms with Crippen molar-refractivity contribution in [2.45, 2.75) is 325 Å². The van der Waals surface area contributed by atoms with Crippen molar-refractivity contribution < 1.29 is 64.6 Å². The summed E-state index contributed by atoms with van der Waals surface area (Å²) in [6, 6.07) is -0.822. The molecule has 0 saturated carbocycles. The Labute approximate surface area is 419 Å². The lowest BCUT2D eigenvalue weighted by Gasteiger charge is -2.46. The Kier molecular flexibility index (Phi) is 39.4. The third kappa shape index (κ3) is 28.9. The largest absolute Gasteiger partial charge is 0.394 e. The average molecular weight is 990 g/mol. The molecule has 0 aromatic carbocycles. The highest BCUT2D eigenvalue weighted by molar-refractivity contribution is 5.76. The number of carbonyl (C=O) groups excluding carboxylic acids is 1. The van der Waals surface area contributed by atoms with Crippen LogP contribution < -0.4 is 5.32 Å². The summed E-state index contributed by atoms with van der Waals surface area (Å²) in [5.74, 6) is -0.202. The summed E-state index contributed by atoms with van der Waals surface area (Å²) in [7, 11) is 0. The lowest BCUT2D eigenvalue weighted by Crippen LogP contribution is -2.65. The van der Waals surface area contributed by atoms with Gasteiger partial charge < -0.3 is 65.1 Å². The molecule has 1 amide bonds. The SMILES string of the molecule is CCCCCCCCCCCCCCCCCCCCCCC(O)C(COC1OC(CO)C(OC2OC(CO)C(O)C(O)C2O)C(O)C1O)NC(=O)CCCCCCCCCCCCCCCCC. The van der Waals surface area contributed by atoms with Crippen LogP contribution in [0.1, 0.15) is 251 Å². The van der Waals surface area contributed by atoms with Crippen LogP contribution in [0.4, 0.5) is 0 Å². The standard InChI is InChI=1S/C55H107NO13/c1-3-5-7-9-11-13-15-17-19-20-21-22-23-25-26-28-30-32-34-36-38-44(59)43(56-47(60)39-37-35-33-31-29-27-24-18-16-14-12-10-8-6-4-2)42-66-54-52(65)50(63)53(46(41-58)68-54)69-55-51(64)49(62)48(61)45(40-57)67-55/h43-46,48-55,57-59,61-65H,3-42H2,1-2H3,(H,56,60). The zero-order valence-electron chi connectivity index (χ0n) is 43.8. The minimum Gasteiger partial charge on any atom is -0.394 e. The van der Waals surface area contributed by atoms with Gasteiger partial charge in [-0.15, -0.1) is 0 Å². The van der Waals surface area contributed by atoms with Gasteiger partial charge >= 0.3 is 0 Å². The van der Waals surface area contributed by atoms with E-state index in [2.05, 4.69) is 19.2 Å². The van der Waals surface area contributed by atoms with Gasteiger partial charge in [0, 0.05) is 6.42 Å². The number of hydrogen-bond acceptors (Lipinski definition) is 13. The van der Waals surface area contributed by atoms with Crippen molar-refractivity contribution in [3.8, 4) is 0 Å². The molecule has 14 heteroatoms. The van der Waals surface area contributed by atoms with Crippen LogP contribution in [0.25, 0.3) is 0 Å². The zero-order valence-corrected chi connectivity index (χ0v) is 43.8. The first-order chi connectivity index (χ1) is 33.6. The fraction of sp³-hybridized carbons (Fsp3) is 0.982. The third-order valence-corrected chi connectivity index (χ3v) is 14.6. The molecule has 69 heavy (non-hydrogen) atoms. The Hall–Kier alpha value is -1.01. The maximum Gasteiger partial charge on any atom is 0.220 e. The Bertz CT molecular complexity index is 1170. The molecule has 2 fully saturated rings. The minimum absolute atomic E-state index is 0.202. The number of carbonyl (C=O) groups is 1. The summed E-state index contributed by atoms with van der Waals surface area (Å²) >= 11 is 0. The van der Waals surface area contributed by atoms with Gasteiger partial charge in [-0.3, -0.25) is 4.79 Å². The van der Waals surface area contributed by atoms with Crippen molar-refractivity contribution in [3.05, 3.63) is 0 Å². The molecule has 2 saturated heterocycles. The maximum atomic E-state index is 13.2. The lowest BCUT2D eigenvalue weighted by molar-refractivity contribution is -0.359. The van der Waals surface area contributed by atoms with E-state index in [1.807, 2.05) is 0 Å². The van der Waals surface area contributed by atoms with Gasteiger partial charge in [-0.2, -0.15) is 0 Å². The Morgan fingerprint density at radius 2 is 0.826 bits per heavy atom. The maximum absolute atomic E-state index is 13.2. The molecular weight excluding hydrogens is 883 g/mol. The van der Waals surface area contributed by atoms with Gasteiger partial charge in [0.2, 0.25) is 5.91 Å².